The van der Waals surface area contributed by atoms with Crippen molar-refractivity contribution in [1.29, 1.82) is 0 Å². The maximum Gasteiger partial charge on any atom is 0.269 e. The lowest BCUT2D eigenvalue weighted by Crippen LogP contribution is -2.57. The fourth-order valence-electron chi connectivity index (χ4n) is 2.64. The molecule has 2 rings (SSSR count). The maximum atomic E-state index is 12.2. The average Bonchev–Trinajstić information content (AvgIpc) is 2.54. The van der Waals surface area contributed by atoms with Crippen molar-refractivity contribution in [1.82, 2.24) is 10.2 Å². The fourth-order valence-corrected chi connectivity index (χ4v) is 4.01. The van der Waals surface area contributed by atoms with Gasteiger partial charge in [-0.3, -0.25) is 10.1 Å². The Hall–Kier alpha value is -1.43. The number of aliphatic imine (C=N–C) groups is 1. The van der Waals surface area contributed by atoms with Crippen molar-refractivity contribution in [2.45, 2.75) is 32.1 Å². The van der Waals surface area contributed by atoms with Crippen molar-refractivity contribution in [3.63, 3.8) is 0 Å². The largest absolute Gasteiger partial charge is 0.357 e. The van der Waals surface area contributed by atoms with Crippen molar-refractivity contribution < 1.29 is 13.3 Å². The Balaban J connectivity index is 0.00000338. The van der Waals surface area contributed by atoms with Crippen molar-refractivity contribution in [3.05, 3.63) is 39.9 Å². The molecule has 0 bridgehead atoms. The van der Waals surface area contributed by atoms with E-state index in [4.69, 9.17) is 0 Å². The van der Waals surface area contributed by atoms with Crippen molar-refractivity contribution in [2.75, 3.05) is 25.4 Å². The zero-order valence-electron chi connectivity index (χ0n) is 15.1. The summed E-state index contributed by atoms with van der Waals surface area (Å²) in [5.74, 6) is 0.755. The number of halogens is 1. The molecule has 10 heteroatoms. The third-order valence-corrected chi connectivity index (χ3v) is 6.77. The monoisotopic (exact) mass is 496 g/mol. The van der Waals surface area contributed by atoms with Gasteiger partial charge in [-0.15, -0.1) is 24.0 Å². The first kappa shape index (κ1) is 22.6. The van der Waals surface area contributed by atoms with Crippen LogP contribution >= 0.6 is 24.0 Å². The first-order chi connectivity index (χ1) is 11.7. The number of nitro groups is 1. The molecule has 1 saturated heterocycles. The molecule has 1 aliphatic rings. The lowest BCUT2D eigenvalue weighted by molar-refractivity contribution is -0.384. The number of hydrogen-bond donors (Lipinski definition) is 1. The van der Waals surface area contributed by atoms with Crippen LogP contribution in [0, 0.1) is 10.1 Å². The third kappa shape index (κ3) is 5.29. The van der Waals surface area contributed by atoms with Gasteiger partial charge in [0.25, 0.3) is 5.69 Å². The molecule has 1 aliphatic heterocycles. The van der Waals surface area contributed by atoms with Crippen LogP contribution in [0.5, 0.6) is 0 Å². The molecule has 0 radical (unpaired) electrons. The average molecular weight is 496 g/mol. The molecule has 8 nitrogen and oxygen atoms in total. The number of nitrogens with zero attached hydrogens (tertiary/aromatic N) is 3. The van der Waals surface area contributed by atoms with Crippen LogP contribution in [0.15, 0.2) is 29.3 Å². The Kier molecular flexibility index (Phi) is 7.81. The molecule has 0 amide bonds. The molecule has 0 unspecified atom stereocenters. The smallest absolute Gasteiger partial charge is 0.269 e. The van der Waals surface area contributed by atoms with Gasteiger partial charge in [-0.2, -0.15) is 0 Å². The van der Waals surface area contributed by atoms with Gasteiger partial charge in [-0.05, 0) is 26.3 Å². The van der Waals surface area contributed by atoms with Gasteiger partial charge in [-0.1, -0.05) is 12.1 Å². The summed E-state index contributed by atoms with van der Waals surface area (Å²) < 4.78 is 23.5. The highest BCUT2D eigenvalue weighted by Gasteiger charge is 2.40. The third-order valence-electron chi connectivity index (χ3n) is 4.24. The van der Waals surface area contributed by atoms with Crippen molar-refractivity contribution >= 4 is 45.5 Å². The van der Waals surface area contributed by atoms with Gasteiger partial charge in [0.05, 0.1) is 22.0 Å². The second kappa shape index (κ2) is 8.98. The Morgan fingerprint density at radius 1 is 1.35 bits per heavy atom. The number of non-ortho nitro benzene ring substituents is 1. The van der Waals surface area contributed by atoms with E-state index in [0.717, 1.165) is 5.56 Å². The van der Waals surface area contributed by atoms with Crippen LogP contribution in [0.25, 0.3) is 0 Å². The van der Waals surface area contributed by atoms with Crippen LogP contribution in [0.4, 0.5) is 5.69 Å². The molecule has 1 N–H and O–H groups in total. The minimum Gasteiger partial charge on any atom is -0.357 e. The van der Waals surface area contributed by atoms with Gasteiger partial charge in [0.2, 0.25) is 0 Å². The summed E-state index contributed by atoms with van der Waals surface area (Å²) in [7, 11) is -3.11. The summed E-state index contributed by atoms with van der Waals surface area (Å²) >= 11 is 0. The van der Waals surface area contributed by atoms with E-state index in [0.29, 0.717) is 32.1 Å². The van der Waals surface area contributed by atoms with Crippen LogP contribution in [0.3, 0.4) is 0 Å². The predicted molar refractivity (Wildman–Crippen MR) is 113 cm³/mol. The zero-order valence-corrected chi connectivity index (χ0v) is 18.3. The first-order valence-corrected chi connectivity index (χ1v) is 9.80. The standard InChI is InChI=1S/C16H24N4O4S.HI/c1-4-17-15(19-9-10-25(23,24)16(2,3)12-19)18-11-13-5-7-14(8-6-13)20(21)22;/h5-8H,4,9-12H2,1-3H3,(H,17,18);1H. The Labute approximate surface area is 171 Å². The first-order valence-electron chi connectivity index (χ1n) is 8.15. The van der Waals surface area contributed by atoms with Crippen LogP contribution in [-0.2, 0) is 16.4 Å². The lowest BCUT2D eigenvalue weighted by Gasteiger charge is -2.39. The van der Waals surface area contributed by atoms with E-state index in [-0.39, 0.29) is 35.4 Å². The van der Waals surface area contributed by atoms with Crippen LogP contribution in [0.2, 0.25) is 0 Å². The topological polar surface area (TPSA) is 105 Å². The second-order valence-corrected chi connectivity index (χ2v) is 9.34. The molecular formula is C16H25IN4O4S. The van der Waals surface area contributed by atoms with Gasteiger partial charge in [-0.25, -0.2) is 13.4 Å². The predicted octanol–water partition coefficient (Wildman–Crippen LogP) is 2.19. The molecule has 1 heterocycles. The molecule has 26 heavy (non-hydrogen) atoms. The summed E-state index contributed by atoms with van der Waals surface area (Å²) in [4.78, 5) is 16.8. The highest BCUT2D eigenvalue weighted by Crippen LogP contribution is 2.23. The number of rotatable bonds is 4. The summed E-state index contributed by atoms with van der Waals surface area (Å²) in [6, 6.07) is 6.26. The van der Waals surface area contributed by atoms with E-state index in [9.17, 15) is 18.5 Å². The highest BCUT2D eigenvalue weighted by atomic mass is 127. The molecule has 1 aromatic carbocycles. The summed E-state index contributed by atoms with van der Waals surface area (Å²) in [5.41, 5.74) is 0.896. The summed E-state index contributed by atoms with van der Waals surface area (Å²) in [5, 5.41) is 13.9. The van der Waals surface area contributed by atoms with E-state index >= 15 is 0 Å². The van der Waals surface area contributed by atoms with Crippen LogP contribution in [0.1, 0.15) is 26.3 Å². The van der Waals surface area contributed by atoms with Gasteiger partial charge in [0.1, 0.15) is 0 Å². The molecule has 1 fully saturated rings. The normalized spacial score (nSPS) is 18.7. The molecule has 146 valence electrons. The minimum absolute atomic E-state index is 0. The zero-order chi connectivity index (χ0) is 18.7. The second-order valence-electron chi connectivity index (χ2n) is 6.59. The lowest BCUT2D eigenvalue weighted by atomic mass is 10.2. The van der Waals surface area contributed by atoms with E-state index in [1.54, 1.807) is 26.0 Å². The van der Waals surface area contributed by atoms with E-state index in [2.05, 4.69) is 10.3 Å². The van der Waals surface area contributed by atoms with Gasteiger partial charge in [0.15, 0.2) is 15.8 Å². The highest BCUT2D eigenvalue weighted by molar-refractivity contribution is 14.0. The molecule has 0 aromatic heterocycles. The number of nitrogens with one attached hydrogen (secondary N) is 1. The van der Waals surface area contributed by atoms with Gasteiger partial charge >= 0.3 is 0 Å². The molecule has 1 aromatic rings. The Bertz CT molecular complexity index is 763. The number of nitro benzene ring substituents is 1. The summed E-state index contributed by atoms with van der Waals surface area (Å²) in [6.07, 6.45) is 0. The number of benzene rings is 1. The van der Waals surface area contributed by atoms with E-state index < -0.39 is 19.5 Å². The summed E-state index contributed by atoms with van der Waals surface area (Å²) in [6.45, 7) is 7.22. The van der Waals surface area contributed by atoms with Crippen LogP contribution in [-0.4, -0.2) is 54.3 Å². The molecule has 0 saturated carbocycles. The van der Waals surface area contributed by atoms with Gasteiger partial charge in [0, 0.05) is 31.8 Å². The molecule has 0 atom stereocenters. The molecule has 0 spiro atoms. The Morgan fingerprint density at radius 2 is 1.96 bits per heavy atom. The quantitative estimate of drug-likeness (QED) is 0.225. The SMILES string of the molecule is CCNC(=NCc1ccc([N+](=O)[O-])cc1)N1CCS(=O)(=O)C(C)(C)C1.I. The van der Waals surface area contributed by atoms with E-state index in [1.165, 1.54) is 12.1 Å². The Morgan fingerprint density at radius 3 is 2.46 bits per heavy atom. The maximum absolute atomic E-state index is 12.2. The molecular weight excluding hydrogens is 471 g/mol. The van der Waals surface area contributed by atoms with Gasteiger partial charge < -0.3 is 10.2 Å². The van der Waals surface area contributed by atoms with Crippen LogP contribution < -0.4 is 5.32 Å². The number of hydrogen-bond acceptors (Lipinski definition) is 5. The minimum atomic E-state index is -3.11. The fraction of sp³-hybridized carbons (Fsp3) is 0.562. The number of guanidine groups is 1. The van der Waals surface area contributed by atoms with Crippen molar-refractivity contribution in [2.24, 2.45) is 4.99 Å². The van der Waals surface area contributed by atoms with E-state index in [1.807, 2.05) is 11.8 Å². The number of sulfone groups is 1. The van der Waals surface area contributed by atoms with Crippen molar-refractivity contribution in [3.8, 4) is 0 Å². The molecule has 0 aliphatic carbocycles.